The number of rotatable bonds is 5. The van der Waals surface area contributed by atoms with E-state index in [9.17, 15) is 15.8 Å². The highest BCUT2D eigenvalue weighted by Gasteiger charge is 2.29. The fourth-order valence-corrected chi connectivity index (χ4v) is 9.90. The van der Waals surface area contributed by atoms with Gasteiger partial charge in [-0.05, 0) is 101 Å². The minimum atomic E-state index is 0.551. The highest BCUT2D eigenvalue weighted by molar-refractivity contribution is 6.40. The van der Waals surface area contributed by atoms with Crippen molar-refractivity contribution in [3.8, 4) is 57.5 Å². The van der Waals surface area contributed by atoms with Crippen LogP contribution in [0.15, 0.2) is 194 Å². The lowest BCUT2D eigenvalue weighted by Gasteiger charge is -2.15. The smallest absolute Gasteiger partial charge is 0.101 e. The second-order valence-corrected chi connectivity index (χ2v) is 15.8. The molecule has 6 heteroatoms. The maximum atomic E-state index is 11.2. The Labute approximate surface area is 361 Å². The summed E-state index contributed by atoms with van der Waals surface area (Å²) in [6.07, 6.45) is 0. The number of hydrogen-bond donors (Lipinski definition) is 0. The quantitative estimate of drug-likeness (QED) is 0.174. The average Bonchev–Trinajstić information content (AvgIpc) is 4.00. The molecule has 6 nitrogen and oxygen atoms in total. The molecule has 0 unspecified atom stereocenters. The lowest BCUT2D eigenvalue weighted by molar-refractivity contribution is 1.16. The predicted molar refractivity (Wildman–Crippen MR) is 254 cm³/mol. The summed E-state index contributed by atoms with van der Waals surface area (Å²) in [4.78, 5) is 0. The van der Waals surface area contributed by atoms with Gasteiger partial charge in [0.05, 0.1) is 67.6 Å². The van der Waals surface area contributed by atoms with Crippen LogP contribution in [0.3, 0.4) is 0 Å². The standard InChI is InChI=1S/C57H32N6/c58-33-36-22-27-41(28-23-36)61-49-19-9-6-16-45(49)52-55-53(46-17-7-10-20-50(46)62(55)42-29-24-37(34-59)25-30-42)57-54(56(52)61)47-18-8-11-21-51(47)63(57)48-31-26-39(32-40(48)35-60)44-15-5-4-14-43(44)38-12-2-1-3-13-38/h1-32H. The van der Waals surface area contributed by atoms with Crippen LogP contribution in [0.25, 0.3) is 105 Å². The van der Waals surface area contributed by atoms with Gasteiger partial charge >= 0.3 is 0 Å². The van der Waals surface area contributed by atoms with Gasteiger partial charge in [-0.2, -0.15) is 15.8 Å². The van der Waals surface area contributed by atoms with Gasteiger partial charge in [0.1, 0.15) is 6.07 Å². The molecule has 0 N–H and O–H groups in total. The third kappa shape index (κ3) is 5.22. The second-order valence-electron chi connectivity index (χ2n) is 15.8. The minimum absolute atomic E-state index is 0.551. The van der Waals surface area contributed by atoms with E-state index in [2.05, 4.69) is 159 Å². The lowest BCUT2D eigenvalue weighted by Crippen LogP contribution is -2.00. The predicted octanol–water partition coefficient (Wildman–Crippen LogP) is 13.9. The van der Waals surface area contributed by atoms with Crippen LogP contribution >= 0.6 is 0 Å². The van der Waals surface area contributed by atoms with Gasteiger partial charge in [-0.1, -0.05) is 115 Å². The van der Waals surface area contributed by atoms with Crippen molar-refractivity contribution >= 4 is 65.4 Å². The van der Waals surface area contributed by atoms with Gasteiger partial charge in [-0.25, -0.2) is 0 Å². The Bertz CT molecular complexity index is 3890. The van der Waals surface area contributed by atoms with E-state index in [1.807, 2.05) is 66.7 Å². The summed E-state index contributed by atoms with van der Waals surface area (Å²) in [5, 5.41) is 37.2. The first-order valence-electron chi connectivity index (χ1n) is 20.8. The maximum absolute atomic E-state index is 11.2. The van der Waals surface area contributed by atoms with Crippen LogP contribution in [0.2, 0.25) is 0 Å². The van der Waals surface area contributed by atoms with Crippen molar-refractivity contribution in [1.29, 1.82) is 15.8 Å². The molecule has 0 saturated carbocycles. The number of nitriles is 3. The summed E-state index contributed by atoms with van der Waals surface area (Å²) in [7, 11) is 0. The molecule has 0 aliphatic carbocycles. The normalized spacial score (nSPS) is 11.4. The van der Waals surface area contributed by atoms with E-state index in [0.29, 0.717) is 16.7 Å². The van der Waals surface area contributed by atoms with Crippen LogP contribution in [0, 0.1) is 34.0 Å². The zero-order chi connectivity index (χ0) is 42.2. The van der Waals surface area contributed by atoms with Crippen LogP contribution in [-0.4, -0.2) is 13.7 Å². The van der Waals surface area contributed by atoms with Crippen LogP contribution in [0.4, 0.5) is 0 Å². The summed E-state index contributed by atoms with van der Waals surface area (Å²) in [6, 6.07) is 73.4. The largest absolute Gasteiger partial charge is 0.308 e. The fraction of sp³-hybridized carbons (Fsp3) is 0. The highest BCUT2D eigenvalue weighted by Crippen LogP contribution is 2.50. The lowest BCUT2D eigenvalue weighted by atomic mass is 9.93. The Morgan fingerprint density at radius 2 is 0.746 bits per heavy atom. The second kappa shape index (κ2) is 14.0. The van der Waals surface area contributed by atoms with Gasteiger partial charge in [0, 0.05) is 43.7 Å². The Kier molecular flexibility index (Phi) is 7.93. The first-order chi connectivity index (χ1) is 31.2. The Balaban J connectivity index is 1.30. The van der Waals surface area contributed by atoms with E-state index in [4.69, 9.17) is 0 Å². The molecule has 12 rings (SSSR count). The van der Waals surface area contributed by atoms with Gasteiger partial charge in [0.15, 0.2) is 0 Å². The number of nitrogens with zero attached hydrogens (tertiary/aromatic N) is 6. The van der Waals surface area contributed by atoms with Gasteiger partial charge in [-0.15, -0.1) is 0 Å². The Morgan fingerprint density at radius 1 is 0.333 bits per heavy atom. The van der Waals surface area contributed by atoms with Crippen molar-refractivity contribution in [3.63, 3.8) is 0 Å². The molecule has 3 aromatic heterocycles. The molecular weight excluding hydrogens is 769 g/mol. The van der Waals surface area contributed by atoms with Gasteiger partial charge in [0.2, 0.25) is 0 Å². The van der Waals surface area contributed by atoms with Crippen LogP contribution in [-0.2, 0) is 0 Å². The number of fused-ring (bicyclic) bond motifs is 12. The minimum Gasteiger partial charge on any atom is -0.308 e. The summed E-state index contributed by atoms with van der Waals surface area (Å²) < 4.78 is 6.97. The monoisotopic (exact) mass is 800 g/mol. The van der Waals surface area contributed by atoms with Crippen LogP contribution in [0.5, 0.6) is 0 Å². The molecule has 0 amide bonds. The molecule has 0 bridgehead atoms. The molecule has 0 spiro atoms. The molecule has 290 valence electrons. The zero-order valence-corrected chi connectivity index (χ0v) is 33.7. The Hall–Kier alpha value is -9.15. The fourth-order valence-electron chi connectivity index (χ4n) is 9.90. The van der Waals surface area contributed by atoms with E-state index in [0.717, 1.165) is 105 Å². The third-order valence-electron chi connectivity index (χ3n) is 12.5. The molecule has 0 aliphatic rings. The van der Waals surface area contributed by atoms with E-state index in [-0.39, 0.29) is 0 Å². The van der Waals surface area contributed by atoms with Gasteiger partial charge in [-0.3, -0.25) is 0 Å². The van der Waals surface area contributed by atoms with Crippen LogP contribution in [0.1, 0.15) is 16.7 Å². The molecular formula is C57H32N6. The van der Waals surface area contributed by atoms with E-state index in [1.165, 1.54) is 0 Å². The van der Waals surface area contributed by atoms with E-state index < -0.39 is 0 Å². The zero-order valence-electron chi connectivity index (χ0n) is 33.7. The van der Waals surface area contributed by atoms with Crippen molar-refractivity contribution in [2.45, 2.75) is 0 Å². The van der Waals surface area contributed by atoms with Crippen molar-refractivity contribution in [3.05, 3.63) is 211 Å². The van der Waals surface area contributed by atoms with Crippen molar-refractivity contribution < 1.29 is 0 Å². The van der Waals surface area contributed by atoms with Gasteiger partial charge in [0.25, 0.3) is 0 Å². The maximum Gasteiger partial charge on any atom is 0.101 e. The molecule has 0 atom stereocenters. The molecule has 0 radical (unpaired) electrons. The number of para-hydroxylation sites is 3. The summed E-state index contributed by atoms with van der Waals surface area (Å²) in [5.41, 5.74) is 14.6. The first kappa shape index (κ1) is 35.8. The summed E-state index contributed by atoms with van der Waals surface area (Å²) >= 11 is 0. The van der Waals surface area contributed by atoms with Crippen LogP contribution < -0.4 is 0 Å². The molecule has 0 fully saturated rings. The van der Waals surface area contributed by atoms with Crippen molar-refractivity contribution in [2.24, 2.45) is 0 Å². The first-order valence-corrected chi connectivity index (χ1v) is 20.8. The molecule has 0 saturated heterocycles. The topological polar surface area (TPSA) is 86.2 Å². The number of hydrogen-bond acceptors (Lipinski definition) is 3. The van der Waals surface area contributed by atoms with Crippen molar-refractivity contribution in [2.75, 3.05) is 0 Å². The van der Waals surface area contributed by atoms with E-state index in [1.54, 1.807) is 0 Å². The number of benzene rings is 9. The van der Waals surface area contributed by atoms with E-state index >= 15 is 0 Å². The van der Waals surface area contributed by atoms with Gasteiger partial charge < -0.3 is 13.7 Å². The summed E-state index contributed by atoms with van der Waals surface area (Å²) in [5.74, 6) is 0. The number of aromatic nitrogens is 3. The van der Waals surface area contributed by atoms with Crippen molar-refractivity contribution in [1.82, 2.24) is 13.7 Å². The molecule has 0 aliphatic heterocycles. The summed E-state index contributed by atoms with van der Waals surface area (Å²) in [6.45, 7) is 0. The third-order valence-corrected chi connectivity index (χ3v) is 12.5. The molecule has 63 heavy (non-hydrogen) atoms. The highest BCUT2D eigenvalue weighted by atomic mass is 15.0. The molecule has 3 heterocycles. The molecule has 12 aromatic rings. The Morgan fingerprint density at radius 3 is 1.22 bits per heavy atom. The SMILES string of the molecule is N#Cc1ccc(-n2c3ccccc3c3c2c2c4ccccc4n(-c4ccc(-c5ccccc5-c5ccccc5)cc4C#N)c2c2c4ccccc4n(-c4ccc(C#N)cc4)c32)cc1. The average molecular weight is 801 g/mol. The molecule has 9 aromatic carbocycles.